The van der Waals surface area contributed by atoms with Gasteiger partial charge in [-0.05, 0) is 31.5 Å². The van der Waals surface area contributed by atoms with Crippen molar-refractivity contribution in [2.45, 2.75) is 20.8 Å². The van der Waals surface area contributed by atoms with Crippen LogP contribution in [0.1, 0.15) is 37.7 Å². The van der Waals surface area contributed by atoms with Crippen molar-refractivity contribution < 1.29 is 28.6 Å². The first kappa shape index (κ1) is 16.9. The summed E-state index contributed by atoms with van der Waals surface area (Å²) >= 11 is 0. The number of nitrogens with one attached hydrogen (secondary N) is 1. The molecule has 4 rings (SSSR count). The number of carbonyl (C=O) groups excluding carboxylic acids is 1. The highest BCUT2D eigenvalue weighted by molar-refractivity contribution is 6.13. The minimum Gasteiger partial charge on any atom is -0.496 e. The fourth-order valence-electron chi connectivity index (χ4n) is 3.29. The van der Waals surface area contributed by atoms with E-state index in [0.29, 0.717) is 33.9 Å². The molecule has 138 valence electrons. The topological polar surface area (TPSA) is 111 Å². The second-order valence-electron chi connectivity index (χ2n) is 6.29. The number of amides is 1. The zero-order valence-corrected chi connectivity index (χ0v) is 15.1. The number of nitrogens with zero attached hydrogens (tertiary/aromatic N) is 1. The molecule has 0 atom stereocenters. The third kappa shape index (κ3) is 2.41. The predicted molar refractivity (Wildman–Crippen MR) is 96.2 cm³/mol. The van der Waals surface area contributed by atoms with Crippen molar-refractivity contribution in [3.8, 4) is 17.2 Å². The van der Waals surface area contributed by atoms with Crippen LogP contribution in [0.15, 0.2) is 16.5 Å². The molecule has 2 aromatic carbocycles. The zero-order chi connectivity index (χ0) is 19.5. The molecule has 1 aliphatic heterocycles. The van der Waals surface area contributed by atoms with Crippen molar-refractivity contribution in [2.75, 3.05) is 12.4 Å². The van der Waals surface area contributed by atoms with Gasteiger partial charge in [-0.2, -0.15) is 0 Å². The largest absolute Gasteiger partial charge is 0.496 e. The molecule has 0 saturated carbocycles. The van der Waals surface area contributed by atoms with Gasteiger partial charge in [0.25, 0.3) is 5.91 Å². The molecule has 0 aliphatic carbocycles. The van der Waals surface area contributed by atoms with E-state index in [1.54, 1.807) is 26.8 Å². The number of ether oxygens (including phenoxy) is 2. The number of methoxy groups -OCH3 is 1. The molecule has 8 heteroatoms. The second kappa shape index (κ2) is 5.73. The number of carboxylic acids is 1. The predicted octanol–water partition coefficient (Wildman–Crippen LogP) is 3.82. The summed E-state index contributed by atoms with van der Waals surface area (Å²) in [6.45, 7) is 5.15. The lowest BCUT2D eigenvalue weighted by Gasteiger charge is -2.16. The first-order valence-corrected chi connectivity index (χ1v) is 8.16. The molecule has 3 aromatic rings. The van der Waals surface area contributed by atoms with E-state index in [2.05, 4.69) is 10.3 Å². The maximum atomic E-state index is 12.9. The normalized spacial score (nSPS) is 12.7. The van der Waals surface area contributed by atoms with Crippen LogP contribution >= 0.6 is 0 Å². The smallest absolute Gasteiger partial charge is 0.339 e. The van der Waals surface area contributed by atoms with Crippen LogP contribution in [0, 0.1) is 20.8 Å². The number of carbonyl (C=O) groups is 2. The van der Waals surface area contributed by atoms with Gasteiger partial charge in [-0.3, -0.25) is 4.79 Å². The molecule has 1 aliphatic rings. The number of aromatic carboxylic acids is 1. The fourth-order valence-corrected chi connectivity index (χ4v) is 3.29. The minimum absolute atomic E-state index is 0.0282. The molecule has 0 spiro atoms. The first-order chi connectivity index (χ1) is 12.8. The second-order valence-corrected chi connectivity index (χ2v) is 6.29. The fraction of sp³-hybridized carbons (Fsp3) is 0.211. The average Bonchev–Trinajstić information content (AvgIpc) is 2.88. The van der Waals surface area contributed by atoms with Crippen molar-refractivity contribution in [1.29, 1.82) is 0 Å². The van der Waals surface area contributed by atoms with E-state index in [9.17, 15) is 14.7 Å². The Labute approximate surface area is 153 Å². The summed E-state index contributed by atoms with van der Waals surface area (Å²) in [5.41, 5.74) is 2.41. The lowest BCUT2D eigenvalue weighted by Crippen LogP contribution is -2.13. The molecule has 0 radical (unpaired) electrons. The zero-order valence-electron chi connectivity index (χ0n) is 15.1. The monoisotopic (exact) mass is 368 g/mol. The van der Waals surface area contributed by atoms with Gasteiger partial charge in [0.2, 0.25) is 0 Å². The van der Waals surface area contributed by atoms with Crippen LogP contribution in [-0.4, -0.2) is 29.1 Å². The van der Waals surface area contributed by atoms with E-state index in [4.69, 9.17) is 13.9 Å². The standard InChI is InChI=1S/C19H16N2O6/c1-7-5-12-15(20-9(3)26-12)17-13(7)18(22)21-14-8(2)11(25-4)6-10(19(23)24)16(14)27-17/h5-6H,1-4H3,(H,21,22)(H,23,24). The number of fused-ring (bicyclic) bond motifs is 4. The van der Waals surface area contributed by atoms with E-state index in [1.165, 1.54) is 13.2 Å². The number of hydrogen-bond donors (Lipinski definition) is 2. The van der Waals surface area contributed by atoms with Gasteiger partial charge in [-0.25, -0.2) is 9.78 Å². The van der Waals surface area contributed by atoms with Crippen LogP contribution in [-0.2, 0) is 0 Å². The number of anilines is 1. The van der Waals surface area contributed by atoms with Crippen LogP contribution < -0.4 is 14.8 Å². The average molecular weight is 368 g/mol. The van der Waals surface area contributed by atoms with Crippen LogP contribution in [0.25, 0.3) is 11.1 Å². The molecule has 2 N–H and O–H groups in total. The number of oxazole rings is 1. The van der Waals surface area contributed by atoms with Gasteiger partial charge in [0.15, 0.2) is 28.5 Å². The van der Waals surface area contributed by atoms with Gasteiger partial charge >= 0.3 is 5.97 Å². The highest BCUT2D eigenvalue weighted by Gasteiger charge is 2.32. The third-order valence-corrected chi connectivity index (χ3v) is 4.56. The molecule has 0 saturated heterocycles. The Morgan fingerprint density at radius 2 is 1.96 bits per heavy atom. The SMILES string of the molecule is COc1cc(C(=O)O)c2c(c1C)NC(=O)c1c(C)cc3oc(C)nc3c1O2. The van der Waals surface area contributed by atoms with E-state index in [0.717, 1.165) is 0 Å². The number of hydrogen-bond acceptors (Lipinski definition) is 6. The number of rotatable bonds is 2. The molecular formula is C19H16N2O6. The van der Waals surface area contributed by atoms with Gasteiger partial charge in [-0.15, -0.1) is 0 Å². The summed E-state index contributed by atoms with van der Waals surface area (Å²) in [7, 11) is 1.43. The lowest BCUT2D eigenvalue weighted by molar-refractivity contribution is 0.0693. The van der Waals surface area contributed by atoms with Gasteiger partial charge in [0, 0.05) is 12.5 Å². The Morgan fingerprint density at radius 3 is 2.63 bits per heavy atom. The Bertz CT molecular complexity index is 1150. The summed E-state index contributed by atoms with van der Waals surface area (Å²) in [5, 5.41) is 12.4. The summed E-state index contributed by atoms with van der Waals surface area (Å²) in [6, 6.07) is 3.08. The maximum absolute atomic E-state index is 12.9. The van der Waals surface area contributed by atoms with Crippen molar-refractivity contribution in [3.63, 3.8) is 0 Å². The van der Waals surface area contributed by atoms with Crippen LogP contribution in [0.3, 0.4) is 0 Å². The molecule has 0 fully saturated rings. The molecule has 0 bridgehead atoms. The number of aryl methyl sites for hydroxylation is 2. The molecule has 1 aromatic heterocycles. The minimum atomic E-state index is -1.21. The van der Waals surface area contributed by atoms with E-state index in [1.807, 2.05) is 0 Å². The molecule has 8 nitrogen and oxygen atoms in total. The summed E-state index contributed by atoms with van der Waals surface area (Å²) in [6.07, 6.45) is 0. The Balaban J connectivity index is 2.08. The van der Waals surface area contributed by atoms with Gasteiger partial charge in [-0.1, -0.05) is 0 Å². The molecular weight excluding hydrogens is 352 g/mol. The third-order valence-electron chi connectivity index (χ3n) is 4.56. The summed E-state index contributed by atoms with van der Waals surface area (Å²) in [5.74, 6) is -0.680. The van der Waals surface area contributed by atoms with Crippen LogP contribution in [0.5, 0.6) is 17.2 Å². The van der Waals surface area contributed by atoms with E-state index >= 15 is 0 Å². The highest BCUT2D eigenvalue weighted by atomic mass is 16.5. The van der Waals surface area contributed by atoms with Gasteiger partial charge < -0.3 is 24.3 Å². The van der Waals surface area contributed by atoms with Gasteiger partial charge in [0.05, 0.1) is 18.4 Å². The molecule has 27 heavy (non-hydrogen) atoms. The highest BCUT2D eigenvalue weighted by Crippen LogP contribution is 2.46. The van der Waals surface area contributed by atoms with E-state index < -0.39 is 11.9 Å². The number of carboxylic acid groups (broad SMARTS) is 1. The van der Waals surface area contributed by atoms with Crippen molar-refractivity contribution in [3.05, 3.63) is 40.3 Å². The van der Waals surface area contributed by atoms with Crippen molar-refractivity contribution >= 4 is 28.7 Å². The number of aromatic nitrogens is 1. The lowest BCUT2D eigenvalue weighted by atomic mass is 10.1. The van der Waals surface area contributed by atoms with E-state index in [-0.39, 0.29) is 28.3 Å². The first-order valence-electron chi connectivity index (χ1n) is 8.16. The molecule has 1 amide bonds. The summed E-state index contributed by atoms with van der Waals surface area (Å²) in [4.78, 5) is 29.0. The van der Waals surface area contributed by atoms with Crippen molar-refractivity contribution in [2.24, 2.45) is 0 Å². The maximum Gasteiger partial charge on any atom is 0.339 e. The quantitative estimate of drug-likeness (QED) is 0.707. The summed E-state index contributed by atoms with van der Waals surface area (Å²) < 4.78 is 16.8. The Hall–Kier alpha value is -3.55. The van der Waals surface area contributed by atoms with Crippen LogP contribution in [0.2, 0.25) is 0 Å². The molecule has 0 unspecified atom stereocenters. The van der Waals surface area contributed by atoms with Crippen molar-refractivity contribution in [1.82, 2.24) is 4.98 Å². The Kier molecular flexibility index (Phi) is 3.59. The van der Waals surface area contributed by atoms with Gasteiger partial charge in [0.1, 0.15) is 11.3 Å². The van der Waals surface area contributed by atoms with Crippen LogP contribution in [0.4, 0.5) is 5.69 Å². The molecule has 2 heterocycles. The Morgan fingerprint density at radius 1 is 1.22 bits per heavy atom. The number of benzene rings is 2.